The van der Waals surface area contributed by atoms with Crippen LogP contribution in [-0.2, 0) is 15.2 Å². The summed E-state index contributed by atoms with van der Waals surface area (Å²) in [4.78, 5) is 17.2. The number of aromatic nitrogens is 2. The van der Waals surface area contributed by atoms with Gasteiger partial charge in [0.05, 0.1) is 11.2 Å². The number of amidine groups is 1. The maximum atomic E-state index is 12.2. The molecule has 0 atom stereocenters. The van der Waals surface area contributed by atoms with Crippen molar-refractivity contribution in [3.63, 3.8) is 0 Å². The summed E-state index contributed by atoms with van der Waals surface area (Å²) >= 11 is 5.82. The number of nitrogens with two attached hydrogens (primary N) is 2. The van der Waals surface area contributed by atoms with E-state index in [2.05, 4.69) is 10.3 Å². The number of hydrogen-bond acceptors (Lipinski definition) is 5. The van der Waals surface area contributed by atoms with Crippen LogP contribution in [0.1, 0.15) is 25.0 Å². The van der Waals surface area contributed by atoms with Crippen LogP contribution >= 0.6 is 11.6 Å². The van der Waals surface area contributed by atoms with E-state index < -0.39 is 11.5 Å². The second-order valence-electron chi connectivity index (χ2n) is 5.54. The van der Waals surface area contributed by atoms with Crippen LogP contribution in [0.15, 0.2) is 35.7 Å². The summed E-state index contributed by atoms with van der Waals surface area (Å²) in [5, 5.41) is 8.14. The molecule has 0 saturated heterocycles. The highest BCUT2D eigenvalue weighted by atomic mass is 35.5. The van der Waals surface area contributed by atoms with Gasteiger partial charge in [-0.1, -0.05) is 28.9 Å². The first kappa shape index (κ1) is 16.8. The van der Waals surface area contributed by atoms with E-state index in [1.807, 2.05) is 6.92 Å². The van der Waals surface area contributed by atoms with Crippen LogP contribution in [0, 0.1) is 6.92 Å². The summed E-state index contributed by atoms with van der Waals surface area (Å²) in [5.74, 6) is -0.556. The first-order valence-electron chi connectivity index (χ1n) is 6.84. The molecule has 1 aromatic carbocycles. The van der Waals surface area contributed by atoms with E-state index in [0.29, 0.717) is 16.3 Å². The molecule has 8 heteroatoms. The second-order valence-corrected chi connectivity index (χ2v) is 5.97. The number of nitrogen functional groups attached to an aromatic ring is 1. The maximum Gasteiger partial charge on any atom is 0.361 e. The van der Waals surface area contributed by atoms with Gasteiger partial charge >= 0.3 is 5.97 Å². The molecule has 0 aliphatic heterocycles. The van der Waals surface area contributed by atoms with Gasteiger partial charge in [-0.05, 0) is 32.4 Å². The molecule has 1 heterocycles. The number of rotatable bonds is 4. The normalized spacial score (nSPS) is 12.3. The first-order valence-corrected chi connectivity index (χ1v) is 7.22. The quantitative estimate of drug-likeness (QED) is 0.292. The van der Waals surface area contributed by atoms with Crippen molar-refractivity contribution in [2.45, 2.75) is 26.3 Å². The Morgan fingerprint density at radius 3 is 2.74 bits per heavy atom. The highest BCUT2D eigenvalue weighted by Crippen LogP contribution is 2.20. The van der Waals surface area contributed by atoms with Crippen LogP contribution in [0.2, 0.25) is 5.02 Å². The van der Waals surface area contributed by atoms with Gasteiger partial charge in [0.2, 0.25) is 0 Å². The molecule has 4 N–H and O–H groups in total. The number of benzene rings is 1. The van der Waals surface area contributed by atoms with Crippen LogP contribution in [-0.4, -0.2) is 21.6 Å². The lowest BCUT2D eigenvalue weighted by molar-refractivity contribution is -0.153. The highest BCUT2D eigenvalue weighted by Gasteiger charge is 2.33. The highest BCUT2D eigenvalue weighted by molar-refractivity contribution is 6.30. The zero-order chi connectivity index (χ0) is 17.2. The molecular weight excluding hydrogens is 318 g/mol. The fraction of sp³-hybridized carbons (Fsp3) is 0.267. The third-order valence-corrected chi connectivity index (χ3v) is 3.70. The van der Waals surface area contributed by atoms with Crippen LogP contribution in [0.25, 0.3) is 0 Å². The van der Waals surface area contributed by atoms with Crippen LogP contribution in [0.5, 0.6) is 0 Å². The van der Waals surface area contributed by atoms with Gasteiger partial charge in [0, 0.05) is 17.4 Å². The minimum Gasteiger partial charge on any atom is -0.398 e. The Balaban J connectivity index is 2.18. The maximum absolute atomic E-state index is 12.2. The fourth-order valence-electron chi connectivity index (χ4n) is 1.88. The molecule has 0 bridgehead atoms. The van der Waals surface area contributed by atoms with Gasteiger partial charge < -0.3 is 16.3 Å². The third-order valence-electron chi connectivity index (χ3n) is 3.50. The van der Waals surface area contributed by atoms with Crippen LogP contribution < -0.4 is 11.5 Å². The van der Waals surface area contributed by atoms with Crippen molar-refractivity contribution >= 4 is 29.1 Å². The number of oxime groups is 1. The predicted molar refractivity (Wildman–Crippen MR) is 89.0 cm³/mol. The monoisotopic (exact) mass is 335 g/mol. The summed E-state index contributed by atoms with van der Waals surface area (Å²) in [5.41, 5.74) is 12.6. The molecule has 2 rings (SSSR count). The number of carbonyl (C=O) groups is 1. The summed E-state index contributed by atoms with van der Waals surface area (Å²) in [6, 6.07) is 5.25. The summed E-state index contributed by atoms with van der Waals surface area (Å²) in [6.45, 7) is 5.08. The molecule has 0 radical (unpaired) electrons. The number of anilines is 1. The number of carbonyl (C=O) groups excluding carboxylic acids is 1. The van der Waals surface area contributed by atoms with Crippen molar-refractivity contribution in [2.75, 3.05) is 5.73 Å². The van der Waals surface area contributed by atoms with E-state index in [4.69, 9.17) is 27.9 Å². The molecule has 0 saturated carbocycles. The zero-order valence-corrected chi connectivity index (χ0v) is 13.8. The predicted octanol–water partition coefficient (Wildman–Crippen LogP) is 2.03. The molecule has 122 valence electrons. The smallest absolute Gasteiger partial charge is 0.361 e. The molecule has 2 aromatic rings. The largest absolute Gasteiger partial charge is 0.398 e. The molecule has 1 aromatic heterocycles. The van der Waals surface area contributed by atoms with E-state index >= 15 is 0 Å². The van der Waals surface area contributed by atoms with Crippen molar-refractivity contribution in [3.05, 3.63) is 46.7 Å². The molecule has 0 unspecified atom stereocenters. The van der Waals surface area contributed by atoms with Gasteiger partial charge in [0.1, 0.15) is 0 Å². The van der Waals surface area contributed by atoms with Crippen LogP contribution in [0.3, 0.4) is 0 Å². The minimum absolute atomic E-state index is 0.0671. The number of hydrogen-bond donors (Lipinski definition) is 2. The van der Waals surface area contributed by atoms with Gasteiger partial charge in [-0.3, -0.25) is 4.68 Å². The summed E-state index contributed by atoms with van der Waals surface area (Å²) in [6.07, 6.45) is 2.96. The first-order chi connectivity index (χ1) is 10.7. The van der Waals surface area contributed by atoms with Crippen molar-refractivity contribution in [3.8, 4) is 0 Å². The zero-order valence-electron chi connectivity index (χ0n) is 13.1. The Morgan fingerprint density at radius 2 is 2.13 bits per heavy atom. The Bertz CT molecular complexity index is 767. The van der Waals surface area contributed by atoms with Gasteiger partial charge in [0.25, 0.3) is 0 Å². The van der Waals surface area contributed by atoms with E-state index in [-0.39, 0.29) is 5.84 Å². The molecule has 0 amide bonds. The van der Waals surface area contributed by atoms with Gasteiger partial charge in [0.15, 0.2) is 11.4 Å². The van der Waals surface area contributed by atoms with Crippen molar-refractivity contribution in [1.29, 1.82) is 0 Å². The van der Waals surface area contributed by atoms with Crippen molar-refractivity contribution in [1.82, 2.24) is 9.78 Å². The summed E-state index contributed by atoms with van der Waals surface area (Å²) < 4.78 is 1.40. The van der Waals surface area contributed by atoms with Gasteiger partial charge in [-0.2, -0.15) is 5.10 Å². The van der Waals surface area contributed by atoms with E-state index in [1.54, 1.807) is 32.0 Å². The average molecular weight is 336 g/mol. The lowest BCUT2D eigenvalue weighted by atomic mass is 10.1. The Morgan fingerprint density at radius 1 is 1.43 bits per heavy atom. The average Bonchev–Trinajstić information content (AvgIpc) is 2.94. The fourth-order valence-corrected chi connectivity index (χ4v) is 2.02. The van der Waals surface area contributed by atoms with Gasteiger partial charge in [-0.15, -0.1) is 0 Å². The van der Waals surface area contributed by atoms with Crippen molar-refractivity contribution in [2.24, 2.45) is 10.9 Å². The third kappa shape index (κ3) is 3.45. The molecule has 23 heavy (non-hydrogen) atoms. The molecule has 0 aliphatic carbocycles. The van der Waals surface area contributed by atoms with E-state index in [1.165, 1.54) is 17.1 Å². The minimum atomic E-state index is -1.08. The number of nitrogens with zero attached hydrogens (tertiary/aromatic N) is 3. The van der Waals surface area contributed by atoms with Gasteiger partial charge in [-0.25, -0.2) is 4.79 Å². The standard InChI is InChI=1S/C15H18ClN5O2/c1-9-11(5-4-6-12(9)17)13(18)20-23-14(22)15(2,3)21-8-10(16)7-19-21/h4-8H,17H2,1-3H3,(H2,18,20). The molecule has 0 aliphatic rings. The summed E-state index contributed by atoms with van der Waals surface area (Å²) in [7, 11) is 0. The topological polar surface area (TPSA) is 109 Å². The molecular formula is C15H18ClN5O2. The Kier molecular flexibility index (Phi) is 4.60. The molecule has 7 nitrogen and oxygen atoms in total. The molecule has 0 fully saturated rings. The molecule has 0 spiro atoms. The number of halogens is 1. The lowest BCUT2D eigenvalue weighted by Crippen LogP contribution is -2.37. The second kappa shape index (κ2) is 6.29. The lowest BCUT2D eigenvalue weighted by Gasteiger charge is -2.21. The van der Waals surface area contributed by atoms with E-state index in [0.717, 1.165) is 5.56 Å². The SMILES string of the molecule is Cc1c(N)cccc1/C(N)=N/OC(=O)C(C)(C)n1cc(Cl)cn1. The Hall–Kier alpha value is -2.54. The Labute approximate surface area is 138 Å². The van der Waals surface area contributed by atoms with E-state index in [9.17, 15) is 4.79 Å². The van der Waals surface area contributed by atoms with Crippen molar-refractivity contribution < 1.29 is 9.63 Å². The van der Waals surface area contributed by atoms with Crippen LogP contribution in [0.4, 0.5) is 5.69 Å².